The molecule has 0 atom stereocenters. The summed E-state index contributed by atoms with van der Waals surface area (Å²) in [5.41, 5.74) is 9.29. The highest BCUT2D eigenvalue weighted by Gasteiger charge is 2.20. The number of esters is 1. The van der Waals surface area contributed by atoms with Gasteiger partial charge in [-0.1, -0.05) is 18.0 Å². The molecule has 0 fully saturated rings. The number of ether oxygens (including phenoxy) is 1. The standard InChI is InChI=1S/C43H56N18O9/c1-6-70-38(67)16-15-37(66)55-43-52-30(26-60(43)5)50-34(63)12-14-36(65)54-32-22-28(24-61(32)19-10-8-7-9-17-46-56-44)48-42(69)40-51-29(25-59(40)4)49-33(62)11-13-35(64)53-31-21-27(23-58(31)3)47-41(68)39-45-18-20-57(39)2/h18,20-26H,6-17,19H2,1-5H3,(H,47,68)(H,48,69)(H,49,62)(H,50,63)(H,53,64)(H,54,65)(H,52,55,66). The highest BCUT2D eigenvalue weighted by Crippen LogP contribution is 2.23. The summed E-state index contributed by atoms with van der Waals surface area (Å²) in [5.74, 6) is -2.77. The Balaban J connectivity index is 1.12. The number of azide groups is 1. The summed E-state index contributed by atoms with van der Waals surface area (Å²) in [7, 11) is 6.54. The van der Waals surface area contributed by atoms with Crippen LogP contribution in [0.15, 0.2) is 54.4 Å². The van der Waals surface area contributed by atoms with E-state index in [1.165, 1.54) is 27.7 Å². The van der Waals surface area contributed by atoms with Crippen molar-refractivity contribution in [2.75, 3.05) is 50.4 Å². The molecule has 0 saturated carbocycles. The molecule has 0 aromatic carbocycles. The molecule has 0 aliphatic carbocycles. The summed E-state index contributed by atoms with van der Waals surface area (Å²) in [4.78, 5) is 117. The molecular weight excluding hydrogens is 913 g/mol. The van der Waals surface area contributed by atoms with Gasteiger partial charge >= 0.3 is 5.97 Å². The number of nitrogens with zero attached hydrogens (tertiary/aromatic N) is 11. The van der Waals surface area contributed by atoms with Gasteiger partial charge in [-0.05, 0) is 25.3 Å². The summed E-state index contributed by atoms with van der Waals surface area (Å²) in [6, 6.07) is 3.13. The lowest BCUT2D eigenvalue weighted by atomic mass is 10.2. The minimum Gasteiger partial charge on any atom is -0.466 e. The Bertz CT molecular complexity index is 2750. The van der Waals surface area contributed by atoms with Gasteiger partial charge < -0.3 is 59.5 Å². The number of aromatic nitrogens is 8. The lowest BCUT2D eigenvalue weighted by molar-refractivity contribution is -0.144. The number of rotatable bonds is 26. The van der Waals surface area contributed by atoms with Crippen LogP contribution in [-0.4, -0.2) is 98.3 Å². The van der Waals surface area contributed by atoms with Crippen molar-refractivity contribution in [1.29, 1.82) is 0 Å². The second kappa shape index (κ2) is 25.4. The van der Waals surface area contributed by atoms with E-state index in [4.69, 9.17) is 10.3 Å². The molecule has 0 aliphatic rings. The van der Waals surface area contributed by atoms with E-state index in [2.05, 4.69) is 62.2 Å². The summed E-state index contributed by atoms with van der Waals surface area (Å²) in [6.45, 7) is 2.70. The van der Waals surface area contributed by atoms with E-state index in [1.54, 1.807) is 79.5 Å². The minimum absolute atomic E-state index is 0.0525. The third-order valence-electron chi connectivity index (χ3n) is 10.2. The zero-order valence-electron chi connectivity index (χ0n) is 39.4. The van der Waals surface area contributed by atoms with Crippen LogP contribution in [0.3, 0.4) is 0 Å². The Kier molecular flexibility index (Phi) is 19.0. The number of hydrogen-bond donors (Lipinski definition) is 7. The highest BCUT2D eigenvalue weighted by molar-refractivity contribution is 6.04. The number of nitrogens with one attached hydrogen (secondary N) is 7. The van der Waals surface area contributed by atoms with E-state index in [9.17, 15) is 38.4 Å². The maximum absolute atomic E-state index is 13.5. The molecule has 0 bridgehead atoms. The molecule has 0 spiro atoms. The van der Waals surface area contributed by atoms with Crippen molar-refractivity contribution in [3.05, 3.63) is 71.4 Å². The second-order valence-corrected chi connectivity index (χ2v) is 15.8. The molecule has 5 aromatic rings. The molecule has 27 nitrogen and oxygen atoms in total. The first-order chi connectivity index (χ1) is 33.5. The first-order valence-electron chi connectivity index (χ1n) is 22.2. The van der Waals surface area contributed by atoms with E-state index >= 15 is 0 Å². The van der Waals surface area contributed by atoms with Crippen molar-refractivity contribution in [3.63, 3.8) is 0 Å². The van der Waals surface area contributed by atoms with E-state index in [1.807, 2.05) is 0 Å². The van der Waals surface area contributed by atoms with Crippen molar-refractivity contribution in [2.24, 2.45) is 33.3 Å². The zero-order chi connectivity index (χ0) is 50.7. The van der Waals surface area contributed by atoms with E-state index in [0.717, 1.165) is 12.8 Å². The number of carbonyl (C=O) groups excluding carboxylic acids is 8. The van der Waals surface area contributed by atoms with Gasteiger partial charge in [0, 0.05) is 128 Å². The van der Waals surface area contributed by atoms with Crippen LogP contribution in [0.1, 0.15) is 92.4 Å². The third kappa shape index (κ3) is 16.0. The fraction of sp³-hybridized carbons (Fsp3) is 0.419. The topological polar surface area (TPSA) is 342 Å². The quantitative estimate of drug-likeness (QED) is 0.0133. The van der Waals surface area contributed by atoms with Gasteiger partial charge in [0.1, 0.15) is 11.6 Å². The van der Waals surface area contributed by atoms with Gasteiger partial charge in [0.05, 0.1) is 24.4 Å². The van der Waals surface area contributed by atoms with Crippen LogP contribution < -0.4 is 37.2 Å². The van der Waals surface area contributed by atoms with Gasteiger partial charge in [0.15, 0.2) is 17.5 Å². The first kappa shape index (κ1) is 52.2. The number of carbonyl (C=O) groups is 8. The molecule has 7 N–H and O–H groups in total. The smallest absolute Gasteiger partial charge is 0.306 e. The fourth-order valence-electron chi connectivity index (χ4n) is 6.74. The van der Waals surface area contributed by atoms with Crippen LogP contribution in [0.5, 0.6) is 0 Å². The van der Waals surface area contributed by atoms with Crippen molar-refractivity contribution < 1.29 is 43.1 Å². The Hall–Kier alpha value is -8.74. The highest BCUT2D eigenvalue weighted by atomic mass is 16.5. The lowest BCUT2D eigenvalue weighted by Gasteiger charge is -2.10. The van der Waals surface area contributed by atoms with Crippen molar-refractivity contribution >= 4 is 87.9 Å². The maximum atomic E-state index is 13.5. The largest absolute Gasteiger partial charge is 0.466 e. The Morgan fingerprint density at radius 1 is 0.600 bits per heavy atom. The van der Waals surface area contributed by atoms with Crippen LogP contribution >= 0.6 is 0 Å². The lowest BCUT2D eigenvalue weighted by Crippen LogP contribution is -2.19. The predicted molar refractivity (Wildman–Crippen MR) is 255 cm³/mol. The van der Waals surface area contributed by atoms with Gasteiger partial charge in [0.25, 0.3) is 11.8 Å². The van der Waals surface area contributed by atoms with Crippen LogP contribution in [0.2, 0.25) is 0 Å². The Labute approximate surface area is 400 Å². The summed E-state index contributed by atoms with van der Waals surface area (Å²) in [6.07, 6.45) is 11.3. The summed E-state index contributed by atoms with van der Waals surface area (Å²) in [5, 5.41) is 22.3. The third-order valence-corrected chi connectivity index (χ3v) is 10.2. The molecular formula is C43H56N18O9. The molecule has 0 saturated heterocycles. The van der Waals surface area contributed by atoms with Crippen LogP contribution in [0, 0.1) is 0 Å². The number of anilines is 7. The van der Waals surface area contributed by atoms with Gasteiger partial charge in [-0.2, -0.15) is 4.98 Å². The Morgan fingerprint density at radius 2 is 1.16 bits per heavy atom. The fourth-order valence-corrected chi connectivity index (χ4v) is 6.74. The SMILES string of the molecule is CCOC(=O)CCC(=O)Nc1nc(NC(=O)CCC(=O)Nc2cc(NC(=O)c3nc(NC(=O)CCC(=O)Nc4cc(NC(=O)c5nccn5C)cn4C)cn3C)cn2CCCCCCN=[N+]=[N-])cn1C. The molecule has 5 heterocycles. The number of imidazole rings is 3. The summed E-state index contributed by atoms with van der Waals surface area (Å²) < 4.78 is 12.6. The molecule has 7 amide bonds. The van der Waals surface area contributed by atoms with Crippen molar-refractivity contribution in [1.82, 2.24) is 37.8 Å². The summed E-state index contributed by atoms with van der Waals surface area (Å²) >= 11 is 0. The molecule has 70 heavy (non-hydrogen) atoms. The van der Waals surface area contributed by atoms with Crippen molar-refractivity contribution in [2.45, 2.75) is 77.7 Å². The number of aryl methyl sites for hydroxylation is 5. The van der Waals surface area contributed by atoms with E-state index in [-0.39, 0.29) is 74.4 Å². The maximum Gasteiger partial charge on any atom is 0.306 e. The molecule has 372 valence electrons. The van der Waals surface area contributed by atoms with Gasteiger partial charge in [-0.25, -0.2) is 9.97 Å². The molecule has 5 aromatic heterocycles. The van der Waals surface area contributed by atoms with Crippen LogP contribution in [-0.2, 0) is 68.2 Å². The minimum atomic E-state index is -0.626. The zero-order valence-corrected chi connectivity index (χ0v) is 39.4. The number of amides is 7. The van der Waals surface area contributed by atoms with Gasteiger partial charge in [-0.3, -0.25) is 43.7 Å². The van der Waals surface area contributed by atoms with Crippen LogP contribution in [0.4, 0.5) is 40.6 Å². The molecule has 0 radical (unpaired) electrons. The van der Waals surface area contributed by atoms with E-state index in [0.29, 0.717) is 48.9 Å². The predicted octanol–water partition coefficient (Wildman–Crippen LogP) is 4.40. The number of hydrogen-bond acceptors (Lipinski definition) is 13. The van der Waals surface area contributed by atoms with E-state index < -0.39 is 47.3 Å². The second-order valence-electron chi connectivity index (χ2n) is 15.8. The van der Waals surface area contributed by atoms with Gasteiger partial charge in [0.2, 0.25) is 41.3 Å². The van der Waals surface area contributed by atoms with Crippen molar-refractivity contribution in [3.8, 4) is 0 Å². The molecule has 0 unspecified atom stereocenters. The Morgan fingerprint density at radius 3 is 1.80 bits per heavy atom. The molecule has 27 heteroatoms. The van der Waals surface area contributed by atoms with Crippen LogP contribution in [0.25, 0.3) is 10.4 Å². The number of unbranched alkanes of at least 4 members (excludes halogenated alkanes) is 3. The first-order valence-corrected chi connectivity index (χ1v) is 22.2. The molecule has 0 aliphatic heterocycles. The molecule has 5 rings (SSSR count). The van der Waals surface area contributed by atoms with Gasteiger partial charge in [-0.15, -0.1) is 0 Å². The average Bonchev–Trinajstić information content (AvgIpc) is 4.14. The normalized spacial score (nSPS) is 10.7. The monoisotopic (exact) mass is 968 g/mol. The average molecular weight is 969 g/mol.